The lowest BCUT2D eigenvalue weighted by Crippen LogP contribution is -2.20. The fourth-order valence-electron chi connectivity index (χ4n) is 0. The highest BCUT2D eigenvalue weighted by molar-refractivity contribution is 5.71. The summed E-state index contributed by atoms with van der Waals surface area (Å²) in [7, 11) is 0. The molecule has 0 amide bonds. The van der Waals surface area contributed by atoms with Gasteiger partial charge in [0, 0.05) is 6.92 Å². The zero-order valence-electron chi connectivity index (χ0n) is 5.53. The van der Waals surface area contributed by atoms with E-state index in [0.717, 1.165) is 6.92 Å². The van der Waals surface area contributed by atoms with Gasteiger partial charge >= 0.3 is 0 Å². The first-order valence-corrected chi connectivity index (χ1v) is 2.01. The standard InChI is InChI=1S/C2H4O2.CH5N3.H3NO/c1-2(3)4;2-1(3)4;1-2/h1H3,(H,3,4);(H5,2,3,4);2H,1H2. The molecule has 0 radical (unpaired) electrons. The summed E-state index contributed by atoms with van der Waals surface area (Å²) in [6, 6.07) is 0. The maximum Gasteiger partial charge on any atom is 0.300 e. The van der Waals surface area contributed by atoms with E-state index in [1.807, 2.05) is 0 Å². The zero-order valence-corrected chi connectivity index (χ0v) is 5.53. The molecule has 0 saturated carbocycles. The van der Waals surface area contributed by atoms with Crippen LogP contribution in [0.3, 0.4) is 0 Å². The van der Waals surface area contributed by atoms with Crippen LogP contribution in [0.5, 0.6) is 0 Å². The van der Waals surface area contributed by atoms with E-state index in [1.165, 1.54) is 0 Å². The highest BCUT2D eigenvalue weighted by atomic mass is 16.4. The molecule has 9 N–H and O–H groups in total. The van der Waals surface area contributed by atoms with Crippen molar-refractivity contribution < 1.29 is 15.1 Å². The number of hydrogen-bond acceptors (Lipinski definition) is 4. The van der Waals surface area contributed by atoms with E-state index in [4.69, 9.17) is 20.5 Å². The Morgan fingerprint density at radius 3 is 1.40 bits per heavy atom. The summed E-state index contributed by atoms with van der Waals surface area (Å²) in [4.78, 5) is 9.00. The van der Waals surface area contributed by atoms with Crippen molar-refractivity contribution >= 4 is 11.9 Å². The van der Waals surface area contributed by atoms with Crippen molar-refractivity contribution in [1.82, 2.24) is 0 Å². The molecule has 0 saturated heterocycles. The maximum atomic E-state index is 9.00. The van der Waals surface area contributed by atoms with Crippen molar-refractivity contribution in [1.29, 1.82) is 5.41 Å². The number of carboxylic acids is 1. The minimum Gasteiger partial charge on any atom is -0.481 e. The first-order chi connectivity index (χ1) is 4.46. The fraction of sp³-hybridized carbons (Fsp3) is 0.333. The van der Waals surface area contributed by atoms with Crippen molar-refractivity contribution in [2.24, 2.45) is 17.4 Å². The van der Waals surface area contributed by atoms with Gasteiger partial charge in [0.2, 0.25) is 0 Å². The summed E-state index contributed by atoms with van der Waals surface area (Å²) in [5.74, 6) is 2.33. The number of nitrogens with one attached hydrogen (secondary N) is 1. The number of guanidine groups is 1. The topological polar surface area (TPSA) is 159 Å². The van der Waals surface area contributed by atoms with Gasteiger partial charge < -0.3 is 21.8 Å². The second kappa shape index (κ2) is 15.6. The number of nitrogens with two attached hydrogens (primary N) is 3. The summed E-state index contributed by atoms with van der Waals surface area (Å²) in [5.41, 5.74) is 8.94. The van der Waals surface area contributed by atoms with Crippen LogP contribution in [0.4, 0.5) is 0 Å². The number of carbonyl (C=O) groups is 1. The predicted octanol–water partition coefficient (Wildman–Crippen LogP) is -1.74. The Hall–Kier alpha value is -1.34. The molecular formula is C3H12N4O3. The SMILES string of the molecule is CC(=O)O.N=C(N)N.NO. The average molecular weight is 152 g/mol. The molecule has 0 fully saturated rings. The van der Waals surface area contributed by atoms with Crippen molar-refractivity contribution in [3.63, 3.8) is 0 Å². The van der Waals surface area contributed by atoms with E-state index in [9.17, 15) is 0 Å². The van der Waals surface area contributed by atoms with Gasteiger partial charge in [-0.1, -0.05) is 0 Å². The molecule has 7 heteroatoms. The van der Waals surface area contributed by atoms with Gasteiger partial charge in [0.25, 0.3) is 5.97 Å². The molecule has 0 aliphatic rings. The van der Waals surface area contributed by atoms with Gasteiger partial charge in [-0.2, -0.15) is 0 Å². The Kier molecular flexibility index (Phi) is 24.8. The minimum absolute atomic E-state index is 0.333. The quantitative estimate of drug-likeness (QED) is 0.137. The van der Waals surface area contributed by atoms with Crippen molar-refractivity contribution in [3.8, 4) is 0 Å². The van der Waals surface area contributed by atoms with E-state index in [1.54, 1.807) is 0 Å². The molecule has 0 aromatic rings. The first kappa shape index (κ1) is 15.9. The molecule has 0 heterocycles. The van der Waals surface area contributed by atoms with Crippen LogP contribution in [0.25, 0.3) is 0 Å². The van der Waals surface area contributed by atoms with Gasteiger partial charge in [-0.05, 0) is 0 Å². The molecular weight excluding hydrogens is 140 g/mol. The van der Waals surface area contributed by atoms with Gasteiger partial charge in [0.1, 0.15) is 0 Å². The molecule has 0 aromatic heterocycles. The number of aliphatic carboxylic acids is 1. The highest BCUT2D eigenvalue weighted by Gasteiger charge is 1.65. The van der Waals surface area contributed by atoms with E-state index >= 15 is 0 Å². The van der Waals surface area contributed by atoms with Crippen molar-refractivity contribution in [3.05, 3.63) is 0 Å². The summed E-state index contributed by atoms with van der Waals surface area (Å²) in [6.45, 7) is 1.08. The Labute approximate surface area is 57.9 Å². The molecule has 0 spiro atoms. The first-order valence-electron chi connectivity index (χ1n) is 2.01. The van der Waals surface area contributed by atoms with Crippen LogP contribution in [-0.4, -0.2) is 22.2 Å². The highest BCUT2D eigenvalue weighted by Crippen LogP contribution is 1.42. The molecule has 0 aromatic carbocycles. The van der Waals surface area contributed by atoms with Crippen LogP contribution in [0.1, 0.15) is 6.92 Å². The average Bonchev–Trinajstić information content (AvgIpc) is 1.66. The molecule has 0 atom stereocenters. The predicted molar refractivity (Wildman–Crippen MR) is 35.4 cm³/mol. The van der Waals surface area contributed by atoms with E-state index in [-0.39, 0.29) is 5.96 Å². The summed E-state index contributed by atoms with van der Waals surface area (Å²) >= 11 is 0. The molecule has 0 rings (SSSR count). The van der Waals surface area contributed by atoms with Crippen molar-refractivity contribution in [2.45, 2.75) is 6.92 Å². The van der Waals surface area contributed by atoms with Crippen LogP contribution in [-0.2, 0) is 4.79 Å². The third-order valence-electron chi connectivity index (χ3n) is 0. The Morgan fingerprint density at radius 1 is 1.40 bits per heavy atom. The van der Waals surface area contributed by atoms with Crippen LogP contribution in [0.15, 0.2) is 0 Å². The molecule has 0 bridgehead atoms. The Bertz CT molecular complexity index is 73.7. The van der Waals surface area contributed by atoms with Gasteiger partial charge in [-0.25, -0.2) is 5.90 Å². The van der Waals surface area contributed by atoms with E-state index in [0.29, 0.717) is 0 Å². The lowest BCUT2D eigenvalue weighted by Gasteiger charge is -1.69. The summed E-state index contributed by atoms with van der Waals surface area (Å²) in [5, 5.41) is 20.0. The van der Waals surface area contributed by atoms with Gasteiger partial charge in [-0.3, -0.25) is 10.2 Å². The van der Waals surface area contributed by atoms with Gasteiger partial charge in [0.15, 0.2) is 5.96 Å². The lowest BCUT2D eigenvalue weighted by molar-refractivity contribution is -0.134. The Balaban J connectivity index is -0.0000000787. The number of rotatable bonds is 0. The maximum absolute atomic E-state index is 9.00. The second-order valence-corrected chi connectivity index (χ2v) is 0.974. The largest absolute Gasteiger partial charge is 0.481 e. The number of carboxylic acid groups (broad SMARTS) is 1. The van der Waals surface area contributed by atoms with E-state index in [2.05, 4.69) is 17.4 Å². The molecule has 62 valence electrons. The normalized spacial score (nSPS) is 5.50. The third-order valence-corrected chi connectivity index (χ3v) is 0. The summed E-state index contributed by atoms with van der Waals surface area (Å²) < 4.78 is 0. The monoisotopic (exact) mass is 152 g/mol. The summed E-state index contributed by atoms with van der Waals surface area (Å²) in [6.07, 6.45) is 0. The molecule has 7 nitrogen and oxygen atoms in total. The molecule has 0 aliphatic heterocycles. The lowest BCUT2D eigenvalue weighted by atomic mass is 10.9. The van der Waals surface area contributed by atoms with Gasteiger partial charge in [-0.15, -0.1) is 0 Å². The third kappa shape index (κ3) is 119. The van der Waals surface area contributed by atoms with Crippen LogP contribution < -0.4 is 17.4 Å². The van der Waals surface area contributed by atoms with Crippen LogP contribution >= 0.6 is 0 Å². The minimum atomic E-state index is -0.833. The van der Waals surface area contributed by atoms with Gasteiger partial charge in [0.05, 0.1) is 0 Å². The fourth-order valence-corrected chi connectivity index (χ4v) is 0. The van der Waals surface area contributed by atoms with Crippen LogP contribution in [0.2, 0.25) is 0 Å². The molecule has 10 heavy (non-hydrogen) atoms. The zero-order chi connectivity index (χ0) is 9.15. The number of hydrogen-bond donors (Lipinski definition) is 6. The molecule has 0 aliphatic carbocycles. The smallest absolute Gasteiger partial charge is 0.300 e. The van der Waals surface area contributed by atoms with Crippen molar-refractivity contribution in [2.75, 3.05) is 0 Å². The molecule has 0 unspecified atom stereocenters. The second-order valence-electron chi connectivity index (χ2n) is 0.974. The van der Waals surface area contributed by atoms with E-state index < -0.39 is 5.97 Å². The van der Waals surface area contributed by atoms with Crippen LogP contribution in [0, 0.1) is 5.41 Å². The Morgan fingerprint density at radius 2 is 1.40 bits per heavy atom.